The third kappa shape index (κ3) is 3.54. The Morgan fingerprint density at radius 3 is 2.76 bits per heavy atom. The molecule has 1 aromatic rings. The molecule has 2 rings (SSSR count). The average Bonchev–Trinajstić information content (AvgIpc) is 2.70. The Morgan fingerprint density at radius 1 is 1.41 bits per heavy atom. The van der Waals surface area contributed by atoms with Gasteiger partial charge in [-0.05, 0) is 25.3 Å². The molecule has 0 bridgehead atoms. The van der Waals surface area contributed by atoms with Gasteiger partial charge < -0.3 is 10.2 Å². The highest BCUT2D eigenvalue weighted by Gasteiger charge is 2.24. The molecule has 0 atom stereocenters. The van der Waals surface area contributed by atoms with E-state index in [0.717, 1.165) is 25.0 Å². The fourth-order valence-electron chi connectivity index (χ4n) is 2.09. The highest BCUT2D eigenvalue weighted by Crippen LogP contribution is 2.22. The predicted octanol–water partition coefficient (Wildman–Crippen LogP) is 0.543. The van der Waals surface area contributed by atoms with Crippen molar-refractivity contribution in [2.75, 3.05) is 18.1 Å². The van der Waals surface area contributed by atoms with E-state index < -0.39 is 9.84 Å². The maximum absolute atomic E-state index is 11.3. The zero-order valence-electron chi connectivity index (χ0n) is 9.76. The third-order valence-corrected chi connectivity index (χ3v) is 4.85. The molecule has 2 N–H and O–H groups in total. The van der Waals surface area contributed by atoms with Crippen molar-refractivity contribution in [3.05, 3.63) is 17.8 Å². The molecule has 1 aliphatic rings. The van der Waals surface area contributed by atoms with Gasteiger partial charge in [0.05, 0.1) is 17.7 Å². The molecule has 0 aromatic carbocycles. The Hall–Kier alpha value is -0.880. The number of rotatable bonds is 4. The lowest BCUT2D eigenvalue weighted by atomic mass is 9.99. The van der Waals surface area contributed by atoms with Crippen LogP contribution < -0.4 is 5.73 Å². The summed E-state index contributed by atoms with van der Waals surface area (Å²) in [4.78, 5) is 4.19. The van der Waals surface area contributed by atoms with Crippen molar-refractivity contribution >= 4 is 9.84 Å². The lowest BCUT2D eigenvalue weighted by Gasteiger charge is -2.20. The summed E-state index contributed by atoms with van der Waals surface area (Å²) < 4.78 is 28.1. The Bertz CT molecular complexity index is 453. The smallest absolute Gasteiger partial charge is 0.194 e. The molecule has 0 radical (unpaired) electrons. The molecule has 17 heavy (non-hydrogen) atoms. The fourth-order valence-corrected chi connectivity index (χ4v) is 3.68. The van der Waals surface area contributed by atoms with Crippen LogP contribution >= 0.6 is 0 Å². The summed E-state index contributed by atoms with van der Waals surface area (Å²) in [6.45, 7) is 0.552. The highest BCUT2D eigenvalue weighted by molar-refractivity contribution is 7.91. The van der Waals surface area contributed by atoms with E-state index in [1.54, 1.807) is 6.20 Å². The van der Waals surface area contributed by atoms with E-state index >= 15 is 0 Å². The number of aromatic nitrogens is 1. The maximum Gasteiger partial charge on any atom is 0.194 e. The van der Waals surface area contributed by atoms with Crippen LogP contribution in [0.1, 0.15) is 24.5 Å². The topological polar surface area (TPSA) is 86.2 Å². The molecule has 0 aliphatic carbocycles. The van der Waals surface area contributed by atoms with E-state index in [0.29, 0.717) is 36.3 Å². The highest BCUT2D eigenvalue weighted by atomic mass is 32.2. The summed E-state index contributed by atoms with van der Waals surface area (Å²) in [5.41, 5.74) is 5.43. The molecule has 6 heteroatoms. The second-order valence-electron chi connectivity index (χ2n) is 4.56. The standard InChI is InChI=1S/C11H18N2O3S/c12-4-1-10-8-13-11(16-10)7-9-2-5-17(14,15)6-3-9/h8-9H,1-7,12H2. The number of hydrogen-bond acceptors (Lipinski definition) is 5. The first kappa shape index (κ1) is 12.6. The molecule has 2 heterocycles. The van der Waals surface area contributed by atoms with E-state index in [-0.39, 0.29) is 0 Å². The molecule has 1 aliphatic heterocycles. The average molecular weight is 258 g/mol. The van der Waals surface area contributed by atoms with Gasteiger partial charge in [-0.1, -0.05) is 0 Å². The molecule has 96 valence electrons. The van der Waals surface area contributed by atoms with E-state index in [9.17, 15) is 8.42 Å². The van der Waals surface area contributed by atoms with Crippen molar-refractivity contribution in [2.24, 2.45) is 11.7 Å². The number of nitrogens with two attached hydrogens (primary N) is 1. The maximum atomic E-state index is 11.3. The Labute approximate surface area is 101 Å². The summed E-state index contributed by atoms with van der Waals surface area (Å²) in [6.07, 6.45) is 4.59. The molecule has 0 spiro atoms. The van der Waals surface area contributed by atoms with Crippen LogP contribution in [0.15, 0.2) is 10.6 Å². The second-order valence-corrected chi connectivity index (χ2v) is 6.86. The molecular weight excluding hydrogens is 240 g/mol. The van der Waals surface area contributed by atoms with Gasteiger partial charge in [-0.15, -0.1) is 0 Å². The summed E-state index contributed by atoms with van der Waals surface area (Å²) in [5, 5.41) is 0. The van der Waals surface area contributed by atoms with Crippen LogP contribution in [0, 0.1) is 5.92 Å². The van der Waals surface area contributed by atoms with Gasteiger partial charge in [0.2, 0.25) is 0 Å². The summed E-state index contributed by atoms with van der Waals surface area (Å²) in [7, 11) is -2.78. The zero-order chi connectivity index (χ0) is 12.3. The monoisotopic (exact) mass is 258 g/mol. The summed E-state index contributed by atoms with van der Waals surface area (Å²) in [5.74, 6) is 2.49. The van der Waals surface area contributed by atoms with Crippen molar-refractivity contribution < 1.29 is 12.8 Å². The predicted molar refractivity (Wildman–Crippen MR) is 64.3 cm³/mol. The summed E-state index contributed by atoms with van der Waals surface area (Å²) in [6, 6.07) is 0. The number of sulfone groups is 1. The quantitative estimate of drug-likeness (QED) is 0.852. The van der Waals surface area contributed by atoms with Gasteiger partial charge >= 0.3 is 0 Å². The molecule has 1 fully saturated rings. The molecule has 5 nitrogen and oxygen atoms in total. The lowest BCUT2D eigenvalue weighted by Crippen LogP contribution is -2.24. The zero-order valence-corrected chi connectivity index (χ0v) is 10.6. The van der Waals surface area contributed by atoms with Crippen LogP contribution in [0.5, 0.6) is 0 Å². The number of hydrogen-bond donors (Lipinski definition) is 1. The van der Waals surface area contributed by atoms with Gasteiger partial charge in [-0.2, -0.15) is 0 Å². The van der Waals surface area contributed by atoms with Crippen LogP contribution in [-0.2, 0) is 22.7 Å². The van der Waals surface area contributed by atoms with Crippen LogP contribution in [0.4, 0.5) is 0 Å². The van der Waals surface area contributed by atoms with Gasteiger partial charge in [0.15, 0.2) is 5.89 Å². The molecule has 0 unspecified atom stereocenters. The van der Waals surface area contributed by atoms with Gasteiger partial charge in [0.25, 0.3) is 0 Å². The SMILES string of the molecule is NCCc1cnc(CC2CCS(=O)(=O)CC2)o1. The molecule has 1 saturated heterocycles. The van der Waals surface area contributed by atoms with Gasteiger partial charge in [-0.25, -0.2) is 13.4 Å². The third-order valence-electron chi connectivity index (χ3n) is 3.13. The van der Waals surface area contributed by atoms with Crippen molar-refractivity contribution in [3.63, 3.8) is 0 Å². The first-order valence-corrected chi connectivity index (χ1v) is 7.75. The van der Waals surface area contributed by atoms with Crippen molar-refractivity contribution in [1.82, 2.24) is 4.98 Å². The minimum atomic E-state index is -2.78. The van der Waals surface area contributed by atoms with Crippen LogP contribution in [0.25, 0.3) is 0 Å². The number of oxazole rings is 1. The molecule has 0 saturated carbocycles. The van der Waals surface area contributed by atoms with E-state index in [1.165, 1.54) is 0 Å². The van der Waals surface area contributed by atoms with Crippen LogP contribution in [-0.4, -0.2) is 31.5 Å². The van der Waals surface area contributed by atoms with Crippen molar-refractivity contribution in [2.45, 2.75) is 25.7 Å². The molecular formula is C11H18N2O3S. The Balaban J connectivity index is 1.88. The van der Waals surface area contributed by atoms with Crippen LogP contribution in [0.2, 0.25) is 0 Å². The largest absolute Gasteiger partial charge is 0.446 e. The molecule has 1 aromatic heterocycles. The van der Waals surface area contributed by atoms with Crippen molar-refractivity contribution in [3.8, 4) is 0 Å². The van der Waals surface area contributed by atoms with Gasteiger partial charge in [0, 0.05) is 12.8 Å². The first-order valence-electron chi connectivity index (χ1n) is 5.93. The fraction of sp³-hybridized carbons (Fsp3) is 0.727. The minimum absolute atomic E-state index is 0.300. The van der Waals surface area contributed by atoms with Crippen LogP contribution in [0.3, 0.4) is 0 Å². The van der Waals surface area contributed by atoms with Gasteiger partial charge in [-0.3, -0.25) is 0 Å². The van der Waals surface area contributed by atoms with Gasteiger partial charge in [0.1, 0.15) is 15.6 Å². The first-order chi connectivity index (χ1) is 8.09. The summed E-state index contributed by atoms with van der Waals surface area (Å²) >= 11 is 0. The van der Waals surface area contributed by atoms with E-state index in [1.807, 2.05) is 0 Å². The second kappa shape index (κ2) is 5.18. The van der Waals surface area contributed by atoms with E-state index in [4.69, 9.17) is 10.2 Å². The Morgan fingerprint density at radius 2 is 2.12 bits per heavy atom. The van der Waals surface area contributed by atoms with E-state index in [2.05, 4.69) is 4.98 Å². The molecule has 0 amide bonds. The number of nitrogens with zero attached hydrogens (tertiary/aromatic N) is 1. The lowest BCUT2D eigenvalue weighted by molar-refractivity contribution is 0.386. The normalized spacial score (nSPS) is 20.5. The minimum Gasteiger partial charge on any atom is -0.446 e. The Kier molecular flexibility index (Phi) is 3.83. The van der Waals surface area contributed by atoms with Crippen molar-refractivity contribution in [1.29, 1.82) is 0 Å².